The zero-order valence-electron chi connectivity index (χ0n) is 12.2. The molecule has 9 heteroatoms. The Morgan fingerprint density at radius 3 is 2.61 bits per heavy atom. The van der Waals surface area contributed by atoms with Gasteiger partial charge in [0.2, 0.25) is 12.2 Å². The number of rotatable bonds is 7. The van der Waals surface area contributed by atoms with Crippen LogP contribution in [0.3, 0.4) is 0 Å². The summed E-state index contributed by atoms with van der Waals surface area (Å²) in [4.78, 5) is 34.7. The summed E-state index contributed by atoms with van der Waals surface area (Å²) >= 11 is 1.71. The lowest BCUT2D eigenvalue weighted by atomic mass is 10.0. The Morgan fingerprint density at radius 2 is 2.04 bits per heavy atom. The zero-order chi connectivity index (χ0) is 17.6. The minimum atomic E-state index is -1.37. The Labute approximate surface area is 144 Å². The predicted molar refractivity (Wildman–Crippen MR) is 85.1 cm³/mol. The summed E-state index contributed by atoms with van der Waals surface area (Å²) in [6.07, 6.45) is 1.28. The number of ketones is 1. The van der Waals surface area contributed by atoms with Crippen LogP contribution in [0.25, 0.3) is 0 Å². The molecule has 1 aromatic rings. The first kappa shape index (κ1) is 19.0. The number of nitrogens with one attached hydrogen (secondary N) is 1. The first-order chi connectivity index (χ1) is 10.8. The molecule has 1 aromatic carbocycles. The molecule has 6 nitrogen and oxygen atoms in total. The van der Waals surface area contributed by atoms with Crippen molar-refractivity contribution >= 4 is 40.8 Å². The molecule has 0 saturated heterocycles. The van der Waals surface area contributed by atoms with Crippen molar-refractivity contribution in [3.63, 3.8) is 0 Å². The molecule has 1 amide bonds. The van der Waals surface area contributed by atoms with Gasteiger partial charge in [0.1, 0.15) is 5.57 Å². The van der Waals surface area contributed by atoms with Crippen LogP contribution in [0.5, 0.6) is 0 Å². The van der Waals surface area contributed by atoms with Crippen LogP contribution in [0.15, 0.2) is 23.9 Å². The smallest absolute Gasteiger partial charge is 0.343 e. The quantitative estimate of drug-likeness (QED) is 0.0809. The third-order valence-corrected chi connectivity index (χ3v) is 3.17. The molecule has 0 aromatic heterocycles. The van der Waals surface area contributed by atoms with Gasteiger partial charge >= 0.3 is 5.97 Å². The van der Waals surface area contributed by atoms with E-state index in [2.05, 4.69) is 5.43 Å². The van der Waals surface area contributed by atoms with Crippen LogP contribution < -0.4 is 5.43 Å². The van der Waals surface area contributed by atoms with Gasteiger partial charge in [-0.25, -0.2) is 13.6 Å². The average molecular weight is 438 g/mol. The second kappa shape index (κ2) is 8.56. The van der Waals surface area contributed by atoms with E-state index in [1.807, 2.05) is 0 Å². The molecular formula is C14H13F2IN2O4. The van der Waals surface area contributed by atoms with Gasteiger partial charge < -0.3 is 10.2 Å². The highest BCUT2D eigenvalue weighted by atomic mass is 127. The van der Waals surface area contributed by atoms with E-state index in [0.717, 1.165) is 23.3 Å². The molecule has 0 spiro atoms. The number of esters is 1. The van der Waals surface area contributed by atoms with Crippen molar-refractivity contribution in [3.05, 3.63) is 44.7 Å². The lowest BCUT2D eigenvalue weighted by Crippen LogP contribution is -2.30. The fraction of sp³-hybridized carbons (Fsp3) is 0.214. The van der Waals surface area contributed by atoms with Gasteiger partial charge in [-0.3, -0.25) is 14.6 Å². The molecule has 0 aliphatic heterocycles. The lowest BCUT2D eigenvalue weighted by Gasteiger charge is -2.12. The number of hydrogen-bond acceptors (Lipinski definition) is 5. The third kappa shape index (κ3) is 4.98. The fourth-order valence-corrected chi connectivity index (χ4v) is 2.07. The number of Topliss-reactive ketones (excluding diaryl/α,β-unsaturated/α-hetero) is 1. The van der Waals surface area contributed by atoms with Gasteiger partial charge in [-0.2, -0.15) is 0 Å². The molecule has 0 saturated carbocycles. The maximum absolute atomic E-state index is 13.8. The summed E-state index contributed by atoms with van der Waals surface area (Å²) in [6, 6.07) is 2.02. The summed E-state index contributed by atoms with van der Waals surface area (Å²) in [6.45, 7) is 1.51. The van der Waals surface area contributed by atoms with Gasteiger partial charge in [0, 0.05) is 16.8 Å². The predicted octanol–water partition coefficient (Wildman–Crippen LogP) is 1.79. The van der Waals surface area contributed by atoms with Crippen molar-refractivity contribution in [2.45, 2.75) is 6.92 Å². The fourth-order valence-electron chi connectivity index (χ4n) is 1.49. The van der Waals surface area contributed by atoms with Crippen LogP contribution in [-0.2, 0) is 14.3 Å². The number of amides is 1. The number of halogens is 3. The van der Waals surface area contributed by atoms with E-state index in [0.29, 0.717) is 6.41 Å². The molecule has 0 radical (unpaired) electrons. The van der Waals surface area contributed by atoms with Crippen molar-refractivity contribution in [1.29, 1.82) is 0 Å². The summed E-state index contributed by atoms with van der Waals surface area (Å²) in [7, 11) is 1.32. The minimum Gasteiger partial charge on any atom is -0.462 e. The van der Waals surface area contributed by atoms with Gasteiger partial charge in [-0.05, 0) is 41.6 Å². The van der Waals surface area contributed by atoms with Crippen molar-refractivity contribution < 1.29 is 27.9 Å². The van der Waals surface area contributed by atoms with Gasteiger partial charge in [-0.1, -0.05) is 0 Å². The van der Waals surface area contributed by atoms with Crippen molar-refractivity contribution in [2.75, 3.05) is 13.7 Å². The summed E-state index contributed by atoms with van der Waals surface area (Å²) < 4.78 is 32.3. The highest BCUT2D eigenvalue weighted by Gasteiger charge is 2.26. The molecule has 23 heavy (non-hydrogen) atoms. The van der Waals surface area contributed by atoms with Crippen LogP contribution in [-0.4, -0.2) is 36.8 Å². The van der Waals surface area contributed by atoms with Gasteiger partial charge in [0.15, 0.2) is 11.6 Å². The molecule has 124 valence electrons. The Bertz CT molecular complexity index is 664. The molecule has 0 atom stereocenters. The van der Waals surface area contributed by atoms with Crippen LogP contribution in [0.1, 0.15) is 17.3 Å². The molecule has 0 bridgehead atoms. The highest BCUT2D eigenvalue weighted by molar-refractivity contribution is 14.1. The average Bonchev–Trinajstić information content (AvgIpc) is 2.50. The van der Waals surface area contributed by atoms with E-state index in [1.165, 1.54) is 14.0 Å². The molecule has 0 fully saturated rings. The SMILES string of the molecule is CCOC(=O)/C(=C\NN(C)C=O)C(=O)c1cc(I)cc(F)c1F. The van der Waals surface area contributed by atoms with Crippen LogP contribution in [0.4, 0.5) is 8.78 Å². The Morgan fingerprint density at radius 1 is 1.39 bits per heavy atom. The van der Waals surface area contributed by atoms with Crippen LogP contribution in [0.2, 0.25) is 0 Å². The molecule has 0 unspecified atom stereocenters. The second-order valence-electron chi connectivity index (χ2n) is 4.20. The van der Waals surface area contributed by atoms with Gasteiger partial charge in [0.05, 0.1) is 12.2 Å². The number of carbonyl (C=O) groups excluding carboxylic acids is 3. The van der Waals surface area contributed by atoms with E-state index >= 15 is 0 Å². The largest absolute Gasteiger partial charge is 0.462 e. The summed E-state index contributed by atoms with van der Waals surface area (Å²) in [5.41, 5.74) is 1.16. The topological polar surface area (TPSA) is 75.7 Å². The van der Waals surface area contributed by atoms with E-state index in [1.54, 1.807) is 22.6 Å². The minimum absolute atomic E-state index is 0.0177. The first-order valence-electron chi connectivity index (χ1n) is 6.32. The number of hydrogen-bond donors (Lipinski definition) is 1. The van der Waals surface area contributed by atoms with Gasteiger partial charge in [-0.15, -0.1) is 0 Å². The number of carbonyl (C=O) groups is 3. The first-order valence-corrected chi connectivity index (χ1v) is 7.40. The Balaban J connectivity index is 3.28. The normalized spacial score (nSPS) is 10.9. The number of nitrogens with zero attached hydrogens (tertiary/aromatic N) is 1. The summed E-state index contributed by atoms with van der Waals surface area (Å²) in [5.74, 6) is -4.66. The maximum Gasteiger partial charge on any atom is 0.343 e. The molecule has 1 rings (SSSR count). The van der Waals surface area contributed by atoms with Crippen molar-refractivity contribution in [2.24, 2.45) is 0 Å². The number of hydrazine groups is 1. The Hall–Kier alpha value is -2.04. The van der Waals surface area contributed by atoms with Crippen molar-refractivity contribution in [1.82, 2.24) is 10.4 Å². The second-order valence-corrected chi connectivity index (χ2v) is 5.45. The molecule has 0 aliphatic carbocycles. The van der Waals surface area contributed by atoms with E-state index in [-0.39, 0.29) is 10.2 Å². The summed E-state index contributed by atoms with van der Waals surface area (Å²) in [5, 5.41) is 0.915. The molecular weight excluding hydrogens is 425 g/mol. The Kier molecular flexibility index (Phi) is 7.07. The number of benzene rings is 1. The monoisotopic (exact) mass is 438 g/mol. The molecule has 0 aliphatic rings. The third-order valence-electron chi connectivity index (χ3n) is 2.55. The van der Waals surface area contributed by atoms with Gasteiger partial charge in [0.25, 0.3) is 0 Å². The van der Waals surface area contributed by atoms with E-state index < -0.39 is 34.5 Å². The van der Waals surface area contributed by atoms with Crippen LogP contribution in [0, 0.1) is 15.2 Å². The van der Waals surface area contributed by atoms with E-state index in [4.69, 9.17) is 4.74 Å². The van der Waals surface area contributed by atoms with E-state index in [9.17, 15) is 23.2 Å². The lowest BCUT2D eigenvalue weighted by molar-refractivity contribution is -0.138. The zero-order valence-corrected chi connectivity index (χ0v) is 14.4. The molecule has 1 N–H and O–H groups in total. The standard InChI is InChI=1S/C14H13F2IN2O4/c1-3-23-14(22)10(6-18-19(2)7-20)13(21)9-4-8(17)5-11(15)12(9)16/h4-7,18H,3H2,1-2H3/b10-6-. The maximum atomic E-state index is 13.8. The molecule has 0 heterocycles. The number of ether oxygens (including phenoxy) is 1. The van der Waals surface area contributed by atoms with Crippen LogP contribution >= 0.6 is 22.6 Å². The van der Waals surface area contributed by atoms with Crippen molar-refractivity contribution in [3.8, 4) is 0 Å². The highest BCUT2D eigenvalue weighted by Crippen LogP contribution is 2.20.